The van der Waals surface area contributed by atoms with E-state index in [2.05, 4.69) is 34.6 Å². The molecule has 1 aromatic heterocycles. The molecule has 30 heavy (non-hydrogen) atoms. The quantitative estimate of drug-likeness (QED) is 0.418. The minimum absolute atomic E-state index is 0. The zero-order valence-corrected chi connectivity index (χ0v) is 18.0. The molecule has 0 saturated heterocycles. The summed E-state index contributed by atoms with van der Waals surface area (Å²) in [6, 6.07) is 18.9. The maximum Gasteiger partial charge on any atom is 0.335 e. The van der Waals surface area contributed by atoms with Crippen LogP contribution in [0.5, 0.6) is 0 Å². The molecule has 7 heteroatoms. The Balaban J connectivity index is 0.00000225. The molecule has 0 aliphatic rings. The lowest BCUT2D eigenvalue weighted by atomic mass is 10.0. The highest BCUT2D eigenvalue weighted by atomic mass is 35.5. The van der Waals surface area contributed by atoms with Gasteiger partial charge in [0, 0.05) is 24.5 Å². The highest BCUT2D eigenvalue weighted by molar-refractivity contribution is 5.88. The van der Waals surface area contributed by atoms with Crippen LogP contribution in [0.15, 0.2) is 73.1 Å². The highest BCUT2D eigenvalue weighted by Crippen LogP contribution is 2.21. The van der Waals surface area contributed by atoms with Crippen molar-refractivity contribution >= 4 is 30.8 Å². The third kappa shape index (κ3) is 7.43. The van der Waals surface area contributed by atoms with E-state index in [4.69, 9.17) is 5.11 Å². The Hall–Kier alpha value is -2.44. The first kappa shape index (κ1) is 25.6. The van der Waals surface area contributed by atoms with E-state index < -0.39 is 12.1 Å². The molecule has 0 aliphatic carbocycles. The van der Waals surface area contributed by atoms with Gasteiger partial charge in [-0.3, -0.25) is 4.98 Å². The van der Waals surface area contributed by atoms with Gasteiger partial charge in [-0.1, -0.05) is 42.5 Å². The molecule has 1 atom stereocenters. The maximum absolute atomic E-state index is 10.9. The fraction of sp³-hybridized carbons (Fsp3) is 0.217. The van der Waals surface area contributed by atoms with Crippen molar-refractivity contribution < 1.29 is 15.0 Å². The number of aryl methyl sites for hydroxylation is 1. The Morgan fingerprint density at radius 1 is 0.967 bits per heavy atom. The number of rotatable bonds is 9. The van der Waals surface area contributed by atoms with Gasteiger partial charge in [0.25, 0.3) is 0 Å². The summed E-state index contributed by atoms with van der Waals surface area (Å²) < 4.78 is 0. The molecule has 0 spiro atoms. The molecule has 160 valence electrons. The van der Waals surface area contributed by atoms with Crippen molar-refractivity contribution in [1.29, 1.82) is 0 Å². The fourth-order valence-corrected chi connectivity index (χ4v) is 3.02. The van der Waals surface area contributed by atoms with Crippen molar-refractivity contribution in [2.75, 3.05) is 13.1 Å². The van der Waals surface area contributed by atoms with Crippen LogP contribution < -0.4 is 5.32 Å². The maximum atomic E-state index is 10.9. The van der Waals surface area contributed by atoms with E-state index >= 15 is 0 Å². The third-order valence-corrected chi connectivity index (χ3v) is 4.64. The Morgan fingerprint density at radius 2 is 1.60 bits per heavy atom. The summed E-state index contributed by atoms with van der Waals surface area (Å²) >= 11 is 0. The predicted molar refractivity (Wildman–Crippen MR) is 124 cm³/mol. The van der Waals surface area contributed by atoms with Gasteiger partial charge in [0.2, 0.25) is 0 Å². The second-order valence-corrected chi connectivity index (χ2v) is 6.69. The molecule has 0 amide bonds. The zero-order valence-electron chi connectivity index (χ0n) is 16.4. The van der Waals surface area contributed by atoms with Gasteiger partial charge in [0.15, 0.2) is 0 Å². The van der Waals surface area contributed by atoms with Crippen molar-refractivity contribution in [3.8, 4) is 11.1 Å². The molecular formula is C23H26Cl2N2O3. The van der Waals surface area contributed by atoms with E-state index in [1.54, 1.807) is 24.5 Å². The van der Waals surface area contributed by atoms with Crippen LogP contribution in [0.1, 0.15) is 34.0 Å². The van der Waals surface area contributed by atoms with E-state index in [9.17, 15) is 9.90 Å². The predicted octanol–water partition coefficient (Wildman–Crippen LogP) is 4.55. The van der Waals surface area contributed by atoms with E-state index in [-0.39, 0.29) is 24.8 Å². The standard InChI is InChI=1S/C23H24N2O3.2ClH/c26-22(21-4-2-14-24-15-21)16-25-13-1-3-17-5-7-18(8-6-17)19-9-11-20(12-10-19)23(27)28;;/h2,4-12,14-15,22,25-26H,1,3,13,16H2,(H,27,28);2*1H/t22-;;/m0../s1. The molecule has 5 nitrogen and oxygen atoms in total. The topological polar surface area (TPSA) is 82.5 Å². The summed E-state index contributed by atoms with van der Waals surface area (Å²) in [5.74, 6) is -0.913. The van der Waals surface area contributed by atoms with Gasteiger partial charge in [0.1, 0.15) is 0 Å². The van der Waals surface area contributed by atoms with Gasteiger partial charge in [-0.15, -0.1) is 24.8 Å². The zero-order chi connectivity index (χ0) is 19.8. The number of halogens is 2. The summed E-state index contributed by atoms with van der Waals surface area (Å²) in [6.07, 6.45) is 4.77. The van der Waals surface area contributed by atoms with E-state index in [1.165, 1.54) is 5.56 Å². The molecular weight excluding hydrogens is 423 g/mol. The molecule has 0 fully saturated rings. The third-order valence-electron chi connectivity index (χ3n) is 4.64. The molecule has 1 heterocycles. The molecule has 2 aromatic carbocycles. The number of nitrogens with one attached hydrogen (secondary N) is 1. The highest BCUT2D eigenvalue weighted by Gasteiger charge is 2.06. The lowest BCUT2D eigenvalue weighted by molar-refractivity contribution is 0.0697. The van der Waals surface area contributed by atoms with Gasteiger partial charge in [0.05, 0.1) is 11.7 Å². The summed E-state index contributed by atoms with van der Waals surface area (Å²) in [5.41, 5.74) is 4.44. The molecule has 0 saturated carbocycles. The lowest BCUT2D eigenvalue weighted by Gasteiger charge is -2.11. The summed E-state index contributed by atoms with van der Waals surface area (Å²) in [5, 5.41) is 22.3. The number of benzene rings is 2. The van der Waals surface area contributed by atoms with Gasteiger partial charge >= 0.3 is 5.97 Å². The first-order chi connectivity index (χ1) is 13.6. The first-order valence-corrected chi connectivity index (χ1v) is 9.35. The smallest absolute Gasteiger partial charge is 0.335 e. The van der Waals surface area contributed by atoms with Crippen LogP contribution in [-0.4, -0.2) is 34.3 Å². The van der Waals surface area contributed by atoms with Crippen LogP contribution in [-0.2, 0) is 6.42 Å². The summed E-state index contributed by atoms with van der Waals surface area (Å²) in [7, 11) is 0. The van der Waals surface area contributed by atoms with Gasteiger partial charge in [-0.05, 0) is 54.3 Å². The number of carboxylic acids is 1. The van der Waals surface area contributed by atoms with Crippen LogP contribution in [0.4, 0.5) is 0 Å². The second kappa shape index (κ2) is 13.0. The normalized spacial score (nSPS) is 11.1. The van der Waals surface area contributed by atoms with Crippen molar-refractivity contribution in [1.82, 2.24) is 10.3 Å². The molecule has 0 unspecified atom stereocenters. The number of carbonyl (C=O) groups is 1. The van der Waals surface area contributed by atoms with E-state index in [1.807, 2.05) is 24.3 Å². The molecule has 0 aliphatic heterocycles. The number of aromatic carboxylic acids is 1. The van der Waals surface area contributed by atoms with E-state index in [0.29, 0.717) is 12.1 Å². The molecule has 0 radical (unpaired) electrons. The Morgan fingerprint density at radius 3 is 2.17 bits per heavy atom. The van der Waals surface area contributed by atoms with Crippen molar-refractivity contribution in [2.24, 2.45) is 0 Å². The largest absolute Gasteiger partial charge is 0.478 e. The molecule has 0 bridgehead atoms. The first-order valence-electron chi connectivity index (χ1n) is 9.35. The molecule has 3 rings (SSSR count). The Kier molecular flexibility index (Phi) is 11.1. The molecule has 3 aromatic rings. The lowest BCUT2D eigenvalue weighted by Crippen LogP contribution is -2.22. The van der Waals surface area contributed by atoms with Crippen LogP contribution in [0.3, 0.4) is 0 Å². The van der Waals surface area contributed by atoms with Crippen molar-refractivity contribution in [3.63, 3.8) is 0 Å². The SMILES string of the molecule is Cl.Cl.O=C(O)c1ccc(-c2ccc(CCCNC[C@H](O)c3cccnc3)cc2)cc1. The number of aliphatic hydroxyl groups excluding tert-OH is 1. The Labute approximate surface area is 189 Å². The molecule has 3 N–H and O–H groups in total. The van der Waals surface area contributed by atoms with Crippen LogP contribution in [0, 0.1) is 0 Å². The average molecular weight is 449 g/mol. The van der Waals surface area contributed by atoms with Gasteiger partial charge in [-0.2, -0.15) is 0 Å². The summed E-state index contributed by atoms with van der Waals surface area (Å²) in [4.78, 5) is 14.9. The number of nitrogens with zero attached hydrogens (tertiary/aromatic N) is 1. The Bertz CT molecular complexity index is 889. The van der Waals surface area contributed by atoms with Crippen molar-refractivity contribution in [2.45, 2.75) is 18.9 Å². The number of hydrogen-bond acceptors (Lipinski definition) is 4. The van der Waals surface area contributed by atoms with Gasteiger partial charge < -0.3 is 15.5 Å². The minimum atomic E-state index is -0.913. The van der Waals surface area contributed by atoms with Crippen LogP contribution >= 0.6 is 24.8 Å². The average Bonchev–Trinajstić information content (AvgIpc) is 2.74. The van der Waals surface area contributed by atoms with E-state index in [0.717, 1.165) is 36.1 Å². The van der Waals surface area contributed by atoms with Crippen LogP contribution in [0.25, 0.3) is 11.1 Å². The van der Waals surface area contributed by atoms with Gasteiger partial charge in [-0.25, -0.2) is 4.79 Å². The summed E-state index contributed by atoms with van der Waals surface area (Å²) in [6.45, 7) is 1.34. The minimum Gasteiger partial charge on any atom is -0.478 e. The monoisotopic (exact) mass is 448 g/mol. The second-order valence-electron chi connectivity index (χ2n) is 6.69. The number of pyridine rings is 1. The fourth-order valence-electron chi connectivity index (χ4n) is 3.02. The number of carboxylic acid groups (broad SMARTS) is 1. The van der Waals surface area contributed by atoms with Crippen LogP contribution in [0.2, 0.25) is 0 Å². The number of aliphatic hydroxyl groups is 1. The number of aromatic nitrogens is 1. The van der Waals surface area contributed by atoms with Crippen molar-refractivity contribution in [3.05, 3.63) is 89.7 Å². The number of hydrogen-bond donors (Lipinski definition) is 3.